The van der Waals surface area contributed by atoms with Crippen LogP contribution in [0.2, 0.25) is 0 Å². The summed E-state index contributed by atoms with van der Waals surface area (Å²) in [5.74, 6) is -0.623. The van der Waals surface area contributed by atoms with Gasteiger partial charge in [0.1, 0.15) is 6.10 Å². The molecule has 0 aliphatic heterocycles. The molecule has 0 spiro atoms. The van der Waals surface area contributed by atoms with Crippen LogP contribution < -0.4 is 5.73 Å². The van der Waals surface area contributed by atoms with Crippen molar-refractivity contribution < 1.29 is 14.6 Å². The molecule has 4 nitrogen and oxygen atoms in total. The molecule has 0 aromatic heterocycles. The fourth-order valence-electron chi connectivity index (χ4n) is 1.32. The molecule has 88 valence electrons. The predicted molar refractivity (Wildman–Crippen MR) is 60.6 cm³/mol. The number of nitrogens with two attached hydrogens (primary N) is 1. The molecule has 0 bridgehead atoms. The summed E-state index contributed by atoms with van der Waals surface area (Å²) in [6.07, 6.45) is -1.27. The van der Waals surface area contributed by atoms with Crippen molar-refractivity contribution in [3.8, 4) is 0 Å². The maximum atomic E-state index is 11.4. The fraction of sp³-hybridized carbons (Fsp3) is 0.417. The highest BCUT2D eigenvalue weighted by Crippen LogP contribution is 2.16. The monoisotopic (exact) mass is 223 g/mol. The Morgan fingerprint density at radius 3 is 2.62 bits per heavy atom. The molecule has 0 heterocycles. The first-order valence-corrected chi connectivity index (χ1v) is 5.28. The van der Waals surface area contributed by atoms with Gasteiger partial charge in [0, 0.05) is 0 Å². The van der Waals surface area contributed by atoms with Crippen LogP contribution in [0.15, 0.2) is 30.3 Å². The summed E-state index contributed by atoms with van der Waals surface area (Å²) in [7, 11) is 0. The summed E-state index contributed by atoms with van der Waals surface area (Å²) < 4.78 is 5.11. The normalized spacial score (nSPS) is 14.2. The Morgan fingerprint density at radius 2 is 2.06 bits per heavy atom. The zero-order valence-corrected chi connectivity index (χ0v) is 9.30. The van der Waals surface area contributed by atoms with Crippen LogP contribution >= 0.6 is 0 Å². The van der Waals surface area contributed by atoms with Gasteiger partial charge in [0.25, 0.3) is 0 Å². The maximum absolute atomic E-state index is 11.4. The molecule has 0 saturated heterocycles. The van der Waals surface area contributed by atoms with E-state index in [0.717, 1.165) is 5.56 Å². The molecular formula is C12H17NO3. The zero-order chi connectivity index (χ0) is 12.0. The highest BCUT2D eigenvalue weighted by atomic mass is 16.6. The van der Waals surface area contributed by atoms with Crippen molar-refractivity contribution in [3.05, 3.63) is 35.9 Å². The standard InChI is InChI=1S/C12H17NO3/c1-9(10-5-3-2-4-6-10)16-12(15)11(14)7-8-13/h2-6,9,11,14H,7-8,13H2,1H3/t9?,11-/m0/s1. The van der Waals surface area contributed by atoms with E-state index < -0.39 is 12.1 Å². The van der Waals surface area contributed by atoms with Gasteiger partial charge in [0.05, 0.1) is 0 Å². The molecule has 1 rings (SSSR count). The summed E-state index contributed by atoms with van der Waals surface area (Å²) in [4.78, 5) is 11.4. The van der Waals surface area contributed by atoms with Crippen molar-refractivity contribution in [3.63, 3.8) is 0 Å². The van der Waals surface area contributed by atoms with Crippen LogP contribution in [0.1, 0.15) is 25.0 Å². The summed E-state index contributed by atoms with van der Waals surface area (Å²) in [6, 6.07) is 9.37. The van der Waals surface area contributed by atoms with E-state index in [2.05, 4.69) is 0 Å². The van der Waals surface area contributed by atoms with Crippen LogP contribution in [0.25, 0.3) is 0 Å². The number of hydrogen-bond donors (Lipinski definition) is 2. The van der Waals surface area contributed by atoms with Crippen molar-refractivity contribution in [2.45, 2.75) is 25.6 Å². The third-order valence-corrected chi connectivity index (χ3v) is 2.27. The van der Waals surface area contributed by atoms with Gasteiger partial charge in [-0.25, -0.2) is 4.79 Å². The van der Waals surface area contributed by atoms with Crippen LogP contribution in [0, 0.1) is 0 Å². The second-order valence-corrected chi connectivity index (χ2v) is 3.58. The Hall–Kier alpha value is -1.39. The van der Waals surface area contributed by atoms with Crippen LogP contribution in [-0.4, -0.2) is 23.7 Å². The molecule has 1 unspecified atom stereocenters. The number of aliphatic hydroxyl groups excluding tert-OH is 1. The molecule has 0 fully saturated rings. The van der Waals surface area contributed by atoms with Gasteiger partial charge in [-0.05, 0) is 25.5 Å². The van der Waals surface area contributed by atoms with Crippen molar-refractivity contribution in [2.24, 2.45) is 5.73 Å². The average molecular weight is 223 g/mol. The molecule has 0 amide bonds. The van der Waals surface area contributed by atoms with E-state index in [1.54, 1.807) is 6.92 Å². The van der Waals surface area contributed by atoms with E-state index in [9.17, 15) is 9.90 Å². The van der Waals surface area contributed by atoms with Crippen molar-refractivity contribution >= 4 is 5.97 Å². The lowest BCUT2D eigenvalue weighted by atomic mass is 10.1. The summed E-state index contributed by atoms with van der Waals surface area (Å²) in [5.41, 5.74) is 6.14. The van der Waals surface area contributed by atoms with Gasteiger partial charge in [0.15, 0.2) is 6.10 Å². The van der Waals surface area contributed by atoms with E-state index >= 15 is 0 Å². The quantitative estimate of drug-likeness (QED) is 0.730. The lowest BCUT2D eigenvalue weighted by Crippen LogP contribution is -2.26. The molecule has 3 N–H and O–H groups in total. The number of carbonyl (C=O) groups is 1. The molecule has 0 radical (unpaired) electrons. The molecule has 2 atom stereocenters. The largest absolute Gasteiger partial charge is 0.456 e. The SMILES string of the molecule is CC(OC(=O)[C@@H](O)CCN)c1ccccc1. The molecule has 0 aliphatic rings. The average Bonchev–Trinajstić information content (AvgIpc) is 2.30. The smallest absolute Gasteiger partial charge is 0.335 e. The predicted octanol–water partition coefficient (Wildman–Crippen LogP) is 1.00. The number of esters is 1. The van der Waals surface area contributed by atoms with Crippen LogP contribution in [0.4, 0.5) is 0 Å². The van der Waals surface area contributed by atoms with Crippen molar-refractivity contribution in [1.82, 2.24) is 0 Å². The number of benzene rings is 1. The number of hydrogen-bond acceptors (Lipinski definition) is 4. The molecule has 0 aliphatic carbocycles. The lowest BCUT2D eigenvalue weighted by Gasteiger charge is -2.16. The highest BCUT2D eigenvalue weighted by Gasteiger charge is 2.18. The Morgan fingerprint density at radius 1 is 1.44 bits per heavy atom. The van der Waals surface area contributed by atoms with Crippen molar-refractivity contribution in [2.75, 3.05) is 6.54 Å². The number of rotatable bonds is 5. The molecule has 1 aromatic rings. The van der Waals surface area contributed by atoms with E-state index in [1.165, 1.54) is 0 Å². The minimum absolute atomic E-state index is 0.223. The highest BCUT2D eigenvalue weighted by molar-refractivity contribution is 5.74. The molecule has 0 saturated carbocycles. The number of aliphatic hydroxyl groups is 1. The van der Waals surface area contributed by atoms with Gasteiger partial charge in [-0.15, -0.1) is 0 Å². The first-order chi connectivity index (χ1) is 7.65. The number of ether oxygens (including phenoxy) is 1. The lowest BCUT2D eigenvalue weighted by molar-refractivity contribution is -0.158. The van der Waals surface area contributed by atoms with E-state index in [1.807, 2.05) is 30.3 Å². The Kier molecular flexibility index (Phi) is 4.95. The van der Waals surface area contributed by atoms with Gasteiger partial charge in [0.2, 0.25) is 0 Å². The van der Waals surface area contributed by atoms with Crippen LogP contribution in [0.3, 0.4) is 0 Å². The second kappa shape index (κ2) is 6.25. The minimum atomic E-state index is -1.13. The second-order valence-electron chi connectivity index (χ2n) is 3.58. The van der Waals surface area contributed by atoms with E-state index in [-0.39, 0.29) is 19.1 Å². The molecule has 1 aromatic carbocycles. The fourth-order valence-corrected chi connectivity index (χ4v) is 1.32. The molecular weight excluding hydrogens is 206 g/mol. The maximum Gasteiger partial charge on any atom is 0.335 e. The Labute approximate surface area is 95.0 Å². The van der Waals surface area contributed by atoms with Gasteiger partial charge in [-0.1, -0.05) is 30.3 Å². The van der Waals surface area contributed by atoms with Crippen LogP contribution in [-0.2, 0) is 9.53 Å². The summed E-state index contributed by atoms with van der Waals surface area (Å²) >= 11 is 0. The summed E-state index contributed by atoms with van der Waals surface area (Å²) in [6.45, 7) is 2.03. The third-order valence-electron chi connectivity index (χ3n) is 2.27. The zero-order valence-electron chi connectivity index (χ0n) is 9.30. The van der Waals surface area contributed by atoms with Gasteiger partial charge in [-0.2, -0.15) is 0 Å². The van der Waals surface area contributed by atoms with Crippen molar-refractivity contribution in [1.29, 1.82) is 0 Å². The topological polar surface area (TPSA) is 72.5 Å². The third kappa shape index (κ3) is 3.64. The first-order valence-electron chi connectivity index (χ1n) is 5.28. The van der Waals surface area contributed by atoms with Gasteiger partial charge < -0.3 is 15.6 Å². The van der Waals surface area contributed by atoms with Gasteiger partial charge in [-0.3, -0.25) is 0 Å². The minimum Gasteiger partial charge on any atom is -0.456 e. The number of carbonyl (C=O) groups excluding carboxylic acids is 1. The summed E-state index contributed by atoms with van der Waals surface area (Å²) in [5, 5.41) is 9.36. The Balaban J connectivity index is 2.51. The van der Waals surface area contributed by atoms with Gasteiger partial charge >= 0.3 is 5.97 Å². The molecule has 16 heavy (non-hydrogen) atoms. The van der Waals surface area contributed by atoms with E-state index in [0.29, 0.717) is 0 Å². The first kappa shape index (κ1) is 12.7. The molecule has 4 heteroatoms. The Bertz CT molecular complexity index is 326. The van der Waals surface area contributed by atoms with E-state index in [4.69, 9.17) is 10.5 Å². The van der Waals surface area contributed by atoms with Crippen LogP contribution in [0.5, 0.6) is 0 Å².